The van der Waals surface area contributed by atoms with E-state index in [1.54, 1.807) is 6.07 Å². The normalized spacial score (nSPS) is 13.1. The molecule has 0 aliphatic carbocycles. The van der Waals surface area contributed by atoms with E-state index in [2.05, 4.69) is 0 Å². The van der Waals surface area contributed by atoms with E-state index in [-0.39, 0.29) is 22.8 Å². The quantitative estimate of drug-likeness (QED) is 0.420. The molecule has 0 aliphatic rings. The van der Waals surface area contributed by atoms with Crippen LogP contribution in [0.3, 0.4) is 0 Å². The Bertz CT molecular complexity index is 775. The average molecular weight is 347 g/mol. The van der Waals surface area contributed by atoms with Crippen molar-refractivity contribution < 1.29 is 29.4 Å². The van der Waals surface area contributed by atoms with Gasteiger partial charge in [0.2, 0.25) is 5.78 Å². The fraction of sp³-hybridized carbons (Fsp3) is 0.222. The van der Waals surface area contributed by atoms with Crippen molar-refractivity contribution in [2.75, 3.05) is 7.05 Å². The number of phenolic OH excluding ortho intramolecular Hbond substituents is 1. The summed E-state index contributed by atoms with van der Waals surface area (Å²) in [6.07, 6.45) is -0.748. The van der Waals surface area contributed by atoms with Gasteiger partial charge >= 0.3 is 5.91 Å². The minimum atomic E-state index is -1.82. The number of hydrogen-bond acceptors (Lipinski definition) is 5. The van der Waals surface area contributed by atoms with E-state index in [0.29, 0.717) is 5.56 Å². The molecule has 0 heterocycles. The molecule has 132 valence electrons. The molecule has 1 unspecified atom stereocenters. The highest BCUT2D eigenvalue weighted by atomic mass is 19.1. The summed E-state index contributed by atoms with van der Waals surface area (Å²) in [6.45, 7) is 0. The second-order valence-electron chi connectivity index (χ2n) is 5.81. The molecule has 1 amide bonds. The standard InChI is InChI=1S/C18H18FNO5/c1-20(25)17(23)16(22)11-18(24,13-5-7-15(21)8-6-13)10-12-3-2-4-14(19)9-12/h2-9,21,24-25H,10-11H2,1H3. The number of rotatable bonds is 6. The summed E-state index contributed by atoms with van der Waals surface area (Å²) >= 11 is 0. The molecule has 0 bridgehead atoms. The number of Topliss-reactive ketones (excluding diaryl/α,β-unsaturated/α-hetero) is 1. The molecule has 2 aromatic carbocycles. The van der Waals surface area contributed by atoms with Gasteiger partial charge < -0.3 is 10.2 Å². The van der Waals surface area contributed by atoms with Gasteiger partial charge in [0.05, 0.1) is 0 Å². The molecule has 0 saturated heterocycles. The van der Waals surface area contributed by atoms with Crippen molar-refractivity contribution in [3.05, 3.63) is 65.5 Å². The number of hydroxylamine groups is 2. The molecule has 6 nitrogen and oxygen atoms in total. The highest BCUT2D eigenvalue weighted by molar-refractivity contribution is 6.35. The van der Waals surface area contributed by atoms with Crippen LogP contribution in [-0.4, -0.2) is 39.2 Å². The third-order valence-electron chi connectivity index (χ3n) is 3.78. The molecule has 7 heteroatoms. The first-order chi connectivity index (χ1) is 11.7. The number of aromatic hydroxyl groups is 1. The number of benzene rings is 2. The van der Waals surface area contributed by atoms with Crippen molar-refractivity contribution in [3.63, 3.8) is 0 Å². The number of ketones is 1. The SMILES string of the molecule is CN(O)C(=O)C(=O)CC(O)(Cc1cccc(F)c1)c1ccc(O)cc1. The van der Waals surface area contributed by atoms with E-state index in [1.165, 1.54) is 42.5 Å². The number of aliphatic hydroxyl groups is 1. The summed E-state index contributed by atoms with van der Waals surface area (Å²) in [5, 5.41) is 29.7. The predicted molar refractivity (Wildman–Crippen MR) is 86.3 cm³/mol. The third kappa shape index (κ3) is 4.62. The molecule has 0 radical (unpaired) electrons. The molecule has 3 N–H and O–H groups in total. The van der Waals surface area contributed by atoms with Crippen molar-refractivity contribution in [2.45, 2.75) is 18.4 Å². The van der Waals surface area contributed by atoms with E-state index in [4.69, 9.17) is 5.21 Å². The van der Waals surface area contributed by atoms with Gasteiger partial charge in [0.25, 0.3) is 0 Å². The second-order valence-corrected chi connectivity index (χ2v) is 5.81. The third-order valence-corrected chi connectivity index (χ3v) is 3.78. The Morgan fingerprint density at radius 2 is 1.80 bits per heavy atom. The summed E-state index contributed by atoms with van der Waals surface area (Å²) < 4.78 is 13.4. The highest BCUT2D eigenvalue weighted by Gasteiger charge is 2.35. The molecule has 0 aliphatic heterocycles. The monoisotopic (exact) mass is 347 g/mol. The van der Waals surface area contributed by atoms with Crippen molar-refractivity contribution >= 4 is 11.7 Å². The van der Waals surface area contributed by atoms with Gasteiger partial charge in [-0.15, -0.1) is 0 Å². The lowest BCUT2D eigenvalue weighted by atomic mass is 9.83. The molecule has 25 heavy (non-hydrogen) atoms. The van der Waals surface area contributed by atoms with Gasteiger partial charge in [0.15, 0.2) is 0 Å². The maximum absolute atomic E-state index is 13.4. The first-order valence-electron chi connectivity index (χ1n) is 7.47. The lowest BCUT2D eigenvalue weighted by molar-refractivity contribution is -0.167. The fourth-order valence-corrected chi connectivity index (χ4v) is 2.54. The van der Waals surface area contributed by atoms with Gasteiger partial charge in [0.1, 0.15) is 17.2 Å². The van der Waals surface area contributed by atoms with Crippen molar-refractivity contribution in [2.24, 2.45) is 0 Å². The first kappa shape index (κ1) is 18.6. The Balaban J connectivity index is 2.38. The maximum atomic E-state index is 13.4. The molecular weight excluding hydrogens is 329 g/mol. The van der Waals surface area contributed by atoms with E-state index in [1.807, 2.05) is 0 Å². The molecular formula is C18H18FNO5. The number of hydrogen-bond donors (Lipinski definition) is 3. The highest BCUT2D eigenvalue weighted by Crippen LogP contribution is 2.31. The van der Waals surface area contributed by atoms with Crippen LogP contribution >= 0.6 is 0 Å². The zero-order chi connectivity index (χ0) is 18.6. The number of amides is 1. The number of halogens is 1. The number of carbonyl (C=O) groups excluding carboxylic acids is 2. The number of phenols is 1. The average Bonchev–Trinajstić information content (AvgIpc) is 2.54. The van der Waals surface area contributed by atoms with Crippen LogP contribution < -0.4 is 0 Å². The Morgan fingerprint density at radius 1 is 1.16 bits per heavy atom. The van der Waals surface area contributed by atoms with Gasteiger partial charge in [-0.1, -0.05) is 24.3 Å². The summed E-state index contributed by atoms with van der Waals surface area (Å²) in [5.74, 6) is -2.70. The second kappa shape index (κ2) is 7.42. The molecule has 0 saturated carbocycles. The van der Waals surface area contributed by atoms with E-state index < -0.39 is 29.5 Å². The molecule has 0 fully saturated rings. The number of carbonyl (C=O) groups is 2. The van der Waals surface area contributed by atoms with Crippen LogP contribution in [0.25, 0.3) is 0 Å². The molecule has 2 aromatic rings. The molecule has 0 aromatic heterocycles. The van der Waals surface area contributed by atoms with Crippen LogP contribution in [0.15, 0.2) is 48.5 Å². The summed E-state index contributed by atoms with van der Waals surface area (Å²) in [7, 11) is 1.01. The fourth-order valence-electron chi connectivity index (χ4n) is 2.54. The van der Waals surface area contributed by atoms with E-state index >= 15 is 0 Å². The lowest BCUT2D eigenvalue weighted by Crippen LogP contribution is -2.38. The summed E-state index contributed by atoms with van der Waals surface area (Å²) in [4.78, 5) is 23.7. The first-order valence-corrected chi connectivity index (χ1v) is 7.47. The van der Waals surface area contributed by atoms with Crippen LogP contribution in [0.1, 0.15) is 17.5 Å². The Hall–Kier alpha value is -2.77. The van der Waals surface area contributed by atoms with Gasteiger partial charge in [-0.05, 0) is 35.4 Å². The number of nitrogens with zero attached hydrogens (tertiary/aromatic N) is 1. The zero-order valence-electron chi connectivity index (χ0n) is 13.5. The smallest absolute Gasteiger partial charge is 0.313 e. The van der Waals surface area contributed by atoms with Gasteiger partial charge in [0, 0.05) is 19.9 Å². The van der Waals surface area contributed by atoms with E-state index in [9.17, 15) is 24.2 Å². The molecule has 1 atom stereocenters. The van der Waals surface area contributed by atoms with Crippen LogP contribution in [0, 0.1) is 5.82 Å². The van der Waals surface area contributed by atoms with Crippen molar-refractivity contribution in [3.8, 4) is 5.75 Å². The van der Waals surface area contributed by atoms with E-state index in [0.717, 1.165) is 7.05 Å². The minimum Gasteiger partial charge on any atom is -0.508 e. The van der Waals surface area contributed by atoms with Crippen LogP contribution in [0.5, 0.6) is 5.75 Å². The Morgan fingerprint density at radius 3 is 2.36 bits per heavy atom. The van der Waals surface area contributed by atoms with Crippen LogP contribution in [0.2, 0.25) is 0 Å². The van der Waals surface area contributed by atoms with Gasteiger partial charge in [-0.3, -0.25) is 14.8 Å². The number of likely N-dealkylation sites (N-methyl/N-ethyl adjacent to an activating group) is 1. The lowest BCUT2D eigenvalue weighted by Gasteiger charge is -2.28. The Kier molecular flexibility index (Phi) is 5.51. The maximum Gasteiger partial charge on any atom is 0.313 e. The van der Waals surface area contributed by atoms with Crippen molar-refractivity contribution in [1.82, 2.24) is 5.06 Å². The largest absolute Gasteiger partial charge is 0.508 e. The topological polar surface area (TPSA) is 98.1 Å². The van der Waals surface area contributed by atoms with Crippen molar-refractivity contribution in [1.29, 1.82) is 0 Å². The zero-order valence-corrected chi connectivity index (χ0v) is 13.5. The summed E-state index contributed by atoms with van der Waals surface area (Å²) in [6, 6.07) is 11.0. The molecule has 0 spiro atoms. The minimum absolute atomic E-state index is 0.0330. The van der Waals surface area contributed by atoms with Crippen LogP contribution in [-0.2, 0) is 21.6 Å². The molecule has 2 rings (SSSR count). The predicted octanol–water partition coefficient (Wildman–Crippen LogP) is 1.77. The van der Waals surface area contributed by atoms with Crippen LogP contribution in [0.4, 0.5) is 4.39 Å². The van der Waals surface area contributed by atoms with Gasteiger partial charge in [-0.25, -0.2) is 9.45 Å². The Labute approximate surface area is 143 Å². The van der Waals surface area contributed by atoms with Gasteiger partial charge in [-0.2, -0.15) is 0 Å². The summed E-state index contributed by atoms with van der Waals surface area (Å²) in [5.41, 5.74) is -1.12.